The van der Waals surface area contributed by atoms with Crippen LogP contribution in [0, 0.1) is 20.8 Å². The molecule has 6 heteroatoms. The van der Waals surface area contributed by atoms with E-state index in [9.17, 15) is 9.59 Å². The molecular formula is C26H30N4O2. The van der Waals surface area contributed by atoms with Crippen LogP contribution in [-0.4, -0.2) is 46.8 Å². The van der Waals surface area contributed by atoms with Crippen molar-refractivity contribution in [2.24, 2.45) is 0 Å². The minimum Gasteiger partial charge on any atom is -0.353 e. The van der Waals surface area contributed by atoms with E-state index < -0.39 is 0 Å². The molecule has 1 fully saturated rings. The predicted octanol–water partition coefficient (Wildman–Crippen LogP) is 3.44. The van der Waals surface area contributed by atoms with Crippen molar-refractivity contribution in [3.63, 3.8) is 0 Å². The molecule has 0 atom stereocenters. The van der Waals surface area contributed by atoms with Crippen molar-refractivity contribution in [3.8, 4) is 5.69 Å². The summed E-state index contributed by atoms with van der Waals surface area (Å²) in [6, 6.07) is 17.3. The molecule has 2 aromatic carbocycles. The Balaban J connectivity index is 1.48. The molecule has 32 heavy (non-hydrogen) atoms. The summed E-state index contributed by atoms with van der Waals surface area (Å²) in [6.45, 7) is 9.00. The second-order valence-corrected chi connectivity index (χ2v) is 8.53. The quantitative estimate of drug-likeness (QED) is 0.636. The van der Waals surface area contributed by atoms with Gasteiger partial charge in [0.15, 0.2) is 0 Å². The highest BCUT2D eigenvalue weighted by molar-refractivity contribution is 5.79. The number of hydrogen-bond acceptors (Lipinski definition) is 4. The van der Waals surface area contributed by atoms with Crippen LogP contribution >= 0.6 is 0 Å². The lowest BCUT2D eigenvalue weighted by molar-refractivity contribution is -0.130. The minimum atomic E-state index is -0.151. The first kappa shape index (κ1) is 21.8. The van der Waals surface area contributed by atoms with E-state index in [2.05, 4.69) is 16.9 Å². The van der Waals surface area contributed by atoms with Gasteiger partial charge in [0.1, 0.15) is 5.82 Å². The van der Waals surface area contributed by atoms with E-state index in [0.29, 0.717) is 19.5 Å². The number of anilines is 1. The lowest BCUT2D eigenvalue weighted by Crippen LogP contribution is -2.36. The van der Waals surface area contributed by atoms with Crippen LogP contribution in [0.1, 0.15) is 28.7 Å². The van der Waals surface area contributed by atoms with Gasteiger partial charge < -0.3 is 9.80 Å². The molecule has 1 aromatic heterocycles. The minimum absolute atomic E-state index is 0.151. The molecule has 166 valence electrons. The van der Waals surface area contributed by atoms with E-state index in [1.807, 2.05) is 61.2 Å². The Morgan fingerprint density at radius 2 is 1.69 bits per heavy atom. The topological polar surface area (TPSA) is 58.4 Å². The Hall–Kier alpha value is -3.41. The van der Waals surface area contributed by atoms with Crippen molar-refractivity contribution < 1.29 is 4.79 Å². The van der Waals surface area contributed by atoms with Crippen LogP contribution in [0.15, 0.2) is 59.4 Å². The number of rotatable bonds is 4. The molecule has 0 bridgehead atoms. The second kappa shape index (κ2) is 9.39. The third-order valence-corrected chi connectivity index (χ3v) is 6.30. The molecule has 0 aliphatic carbocycles. The molecule has 0 spiro atoms. The Morgan fingerprint density at radius 3 is 2.47 bits per heavy atom. The lowest BCUT2D eigenvalue weighted by Gasteiger charge is -2.23. The number of hydrogen-bond donors (Lipinski definition) is 0. The average Bonchev–Trinajstić information content (AvgIpc) is 3.04. The Morgan fingerprint density at radius 1 is 0.875 bits per heavy atom. The van der Waals surface area contributed by atoms with E-state index in [1.165, 1.54) is 10.2 Å². The summed E-state index contributed by atoms with van der Waals surface area (Å²) in [5.41, 5.74) is 5.16. The van der Waals surface area contributed by atoms with E-state index in [0.717, 1.165) is 47.7 Å². The highest BCUT2D eigenvalue weighted by atomic mass is 16.2. The van der Waals surface area contributed by atoms with E-state index >= 15 is 0 Å². The summed E-state index contributed by atoms with van der Waals surface area (Å²) in [4.78, 5) is 29.5. The van der Waals surface area contributed by atoms with Gasteiger partial charge in [-0.05, 0) is 67.6 Å². The van der Waals surface area contributed by atoms with Crippen LogP contribution in [0.2, 0.25) is 0 Å². The van der Waals surface area contributed by atoms with E-state index in [1.54, 1.807) is 12.1 Å². The maximum Gasteiger partial charge on any atom is 0.271 e. The first-order valence-electron chi connectivity index (χ1n) is 11.2. The summed E-state index contributed by atoms with van der Waals surface area (Å²) < 4.78 is 1.47. The van der Waals surface area contributed by atoms with Crippen molar-refractivity contribution in [1.29, 1.82) is 0 Å². The molecule has 4 rings (SSSR count). The molecule has 0 radical (unpaired) electrons. The number of carbonyl (C=O) groups is 1. The van der Waals surface area contributed by atoms with Crippen molar-refractivity contribution in [1.82, 2.24) is 14.7 Å². The SMILES string of the molecule is Cc1ccc(-n2nc(N3CCCN(C(=O)Cc4ccccc4C)CC3)ccc2=O)cc1C. The Labute approximate surface area is 189 Å². The van der Waals surface area contributed by atoms with Crippen LogP contribution in [-0.2, 0) is 11.2 Å². The summed E-state index contributed by atoms with van der Waals surface area (Å²) in [5, 5.41) is 4.65. The van der Waals surface area contributed by atoms with Crippen LogP contribution in [0.5, 0.6) is 0 Å². The summed E-state index contributed by atoms with van der Waals surface area (Å²) in [5.74, 6) is 0.922. The van der Waals surface area contributed by atoms with E-state index in [-0.39, 0.29) is 11.5 Å². The second-order valence-electron chi connectivity index (χ2n) is 8.53. The largest absolute Gasteiger partial charge is 0.353 e. The molecule has 0 unspecified atom stereocenters. The number of aryl methyl sites for hydroxylation is 3. The molecule has 1 saturated heterocycles. The third-order valence-electron chi connectivity index (χ3n) is 6.30. The highest BCUT2D eigenvalue weighted by Gasteiger charge is 2.21. The maximum absolute atomic E-state index is 12.9. The van der Waals surface area contributed by atoms with Crippen molar-refractivity contribution >= 4 is 11.7 Å². The lowest BCUT2D eigenvalue weighted by atomic mass is 10.1. The number of aromatic nitrogens is 2. The summed E-state index contributed by atoms with van der Waals surface area (Å²) >= 11 is 0. The molecule has 1 amide bonds. The van der Waals surface area contributed by atoms with E-state index in [4.69, 9.17) is 0 Å². The van der Waals surface area contributed by atoms with Gasteiger partial charge in [0.05, 0.1) is 12.1 Å². The fourth-order valence-electron chi connectivity index (χ4n) is 4.09. The number of amides is 1. The highest BCUT2D eigenvalue weighted by Crippen LogP contribution is 2.17. The average molecular weight is 431 g/mol. The molecule has 6 nitrogen and oxygen atoms in total. The van der Waals surface area contributed by atoms with Gasteiger partial charge in [-0.15, -0.1) is 5.10 Å². The van der Waals surface area contributed by atoms with Crippen molar-refractivity contribution in [2.75, 3.05) is 31.1 Å². The molecule has 1 aliphatic rings. The molecule has 3 aromatic rings. The third kappa shape index (κ3) is 4.74. The van der Waals surface area contributed by atoms with Gasteiger partial charge in [-0.1, -0.05) is 30.3 Å². The van der Waals surface area contributed by atoms with Crippen LogP contribution < -0.4 is 10.5 Å². The molecule has 0 N–H and O–H groups in total. The fraction of sp³-hybridized carbons (Fsp3) is 0.346. The zero-order valence-corrected chi connectivity index (χ0v) is 19.0. The smallest absolute Gasteiger partial charge is 0.271 e. The van der Waals surface area contributed by atoms with Crippen molar-refractivity contribution in [2.45, 2.75) is 33.6 Å². The Kier molecular flexibility index (Phi) is 6.40. The zero-order chi connectivity index (χ0) is 22.7. The van der Waals surface area contributed by atoms with Crippen LogP contribution in [0.25, 0.3) is 5.69 Å². The first-order valence-corrected chi connectivity index (χ1v) is 11.2. The summed E-state index contributed by atoms with van der Waals surface area (Å²) in [6.07, 6.45) is 1.30. The normalized spacial score (nSPS) is 14.3. The Bertz CT molecular complexity index is 1180. The van der Waals surface area contributed by atoms with Gasteiger partial charge in [0, 0.05) is 32.2 Å². The molecule has 2 heterocycles. The standard InChI is InChI=1S/C26H30N4O2/c1-19-9-10-23(17-21(19)3)30-25(31)12-11-24(27-30)28-13-6-14-29(16-15-28)26(32)18-22-8-5-4-7-20(22)2/h4-5,7-12,17H,6,13-16,18H2,1-3H3. The first-order chi connectivity index (χ1) is 15.4. The fourth-order valence-corrected chi connectivity index (χ4v) is 4.09. The van der Waals surface area contributed by atoms with Gasteiger partial charge in [-0.3, -0.25) is 9.59 Å². The molecular weight excluding hydrogens is 400 g/mol. The van der Waals surface area contributed by atoms with Gasteiger partial charge in [-0.25, -0.2) is 0 Å². The van der Waals surface area contributed by atoms with Gasteiger partial charge in [0.25, 0.3) is 5.56 Å². The maximum atomic E-state index is 12.9. The van der Waals surface area contributed by atoms with Crippen molar-refractivity contribution in [3.05, 3.63) is 87.2 Å². The molecule has 0 saturated carbocycles. The molecule has 1 aliphatic heterocycles. The van der Waals surface area contributed by atoms with Crippen LogP contribution in [0.3, 0.4) is 0 Å². The van der Waals surface area contributed by atoms with Gasteiger partial charge >= 0.3 is 0 Å². The summed E-state index contributed by atoms with van der Waals surface area (Å²) in [7, 11) is 0. The van der Waals surface area contributed by atoms with Gasteiger partial charge in [0.2, 0.25) is 5.91 Å². The number of carbonyl (C=O) groups excluding carboxylic acids is 1. The number of nitrogens with zero attached hydrogens (tertiary/aromatic N) is 4. The van der Waals surface area contributed by atoms with Gasteiger partial charge in [-0.2, -0.15) is 4.68 Å². The van der Waals surface area contributed by atoms with Crippen LogP contribution in [0.4, 0.5) is 5.82 Å². The predicted molar refractivity (Wildman–Crippen MR) is 128 cm³/mol. The number of benzene rings is 2. The zero-order valence-electron chi connectivity index (χ0n) is 19.0. The monoisotopic (exact) mass is 430 g/mol.